The van der Waals surface area contributed by atoms with Gasteiger partial charge in [-0.2, -0.15) is 0 Å². The Hall–Kier alpha value is -1.74. The third-order valence-corrected chi connectivity index (χ3v) is 3.10. The monoisotopic (exact) mass is 257 g/mol. The first-order valence-corrected chi connectivity index (χ1v) is 6.64. The van der Waals surface area contributed by atoms with E-state index in [0.717, 1.165) is 10.9 Å². The van der Waals surface area contributed by atoms with Gasteiger partial charge in [0.2, 0.25) is 0 Å². The average molecular weight is 257 g/mol. The van der Waals surface area contributed by atoms with E-state index < -0.39 is 0 Å². The van der Waals surface area contributed by atoms with E-state index in [-0.39, 0.29) is 17.8 Å². The van der Waals surface area contributed by atoms with Crippen molar-refractivity contribution >= 4 is 16.7 Å². The van der Waals surface area contributed by atoms with Gasteiger partial charge in [0.15, 0.2) is 5.78 Å². The number of carbonyl (C=O) groups is 1. The van der Waals surface area contributed by atoms with Crippen LogP contribution in [0.15, 0.2) is 36.5 Å². The molecule has 19 heavy (non-hydrogen) atoms. The molecule has 1 atom stereocenters. The summed E-state index contributed by atoms with van der Waals surface area (Å²) in [5.41, 5.74) is 1.59. The molecule has 0 aliphatic rings. The van der Waals surface area contributed by atoms with Gasteiger partial charge in [0.25, 0.3) is 0 Å². The number of carbonyl (C=O) groups excluding carboxylic acids is 1. The highest BCUT2D eigenvalue weighted by Crippen LogP contribution is 2.18. The number of hydrogen-bond donors (Lipinski definition) is 0. The van der Waals surface area contributed by atoms with Gasteiger partial charge in [-0.05, 0) is 37.1 Å². The summed E-state index contributed by atoms with van der Waals surface area (Å²) in [6.45, 7) is 6.46. The number of ether oxygens (including phenoxy) is 1. The zero-order chi connectivity index (χ0) is 13.8. The molecule has 0 fully saturated rings. The molecule has 2 aromatic rings. The highest BCUT2D eigenvalue weighted by atomic mass is 16.5. The Morgan fingerprint density at radius 2 is 2.11 bits per heavy atom. The molecule has 0 spiro atoms. The van der Waals surface area contributed by atoms with Gasteiger partial charge in [-0.15, -0.1) is 0 Å². The summed E-state index contributed by atoms with van der Waals surface area (Å²) < 4.78 is 5.57. The molecule has 0 aliphatic carbocycles. The van der Waals surface area contributed by atoms with Gasteiger partial charge in [0, 0.05) is 23.8 Å². The van der Waals surface area contributed by atoms with E-state index in [9.17, 15) is 4.79 Å². The summed E-state index contributed by atoms with van der Waals surface area (Å²) in [6, 6.07) is 9.43. The van der Waals surface area contributed by atoms with Crippen LogP contribution in [0, 0.1) is 5.92 Å². The van der Waals surface area contributed by atoms with Crippen molar-refractivity contribution in [1.29, 1.82) is 0 Å². The number of rotatable bonds is 5. The van der Waals surface area contributed by atoms with Gasteiger partial charge >= 0.3 is 0 Å². The molecule has 100 valence electrons. The van der Waals surface area contributed by atoms with Crippen LogP contribution in [0.1, 0.15) is 31.1 Å². The van der Waals surface area contributed by atoms with Crippen LogP contribution in [0.4, 0.5) is 0 Å². The number of pyridine rings is 1. The summed E-state index contributed by atoms with van der Waals surface area (Å²) in [7, 11) is 0. The zero-order valence-electron chi connectivity index (χ0n) is 11.6. The van der Waals surface area contributed by atoms with Crippen LogP contribution in [0.2, 0.25) is 0 Å². The van der Waals surface area contributed by atoms with Gasteiger partial charge < -0.3 is 4.74 Å². The van der Waals surface area contributed by atoms with E-state index >= 15 is 0 Å². The fraction of sp³-hybridized carbons (Fsp3) is 0.375. The normalized spacial score (nSPS) is 12.8. The maximum absolute atomic E-state index is 12.5. The Balaban J connectivity index is 2.34. The van der Waals surface area contributed by atoms with Crippen molar-refractivity contribution < 1.29 is 9.53 Å². The Bertz CT molecular complexity index is 578. The molecule has 0 saturated carbocycles. The van der Waals surface area contributed by atoms with E-state index in [1.807, 2.05) is 51.1 Å². The molecule has 1 unspecified atom stereocenters. The van der Waals surface area contributed by atoms with Crippen molar-refractivity contribution in [2.24, 2.45) is 5.92 Å². The number of fused-ring (bicyclic) bond motifs is 1. The summed E-state index contributed by atoms with van der Waals surface area (Å²) in [6.07, 6.45) is 1.38. The molecular weight excluding hydrogens is 238 g/mol. The fourth-order valence-electron chi connectivity index (χ4n) is 2.14. The predicted molar refractivity (Wildman–Crippen MR) is 76.3 cm³/mol. The van der Waals surface area contributed by atoms with Crippen LogP contribution in [0.3, 0.4) is 0 Å². The average Bonchev–Trinajstić information content (AvgIpc) is 2.43. The highest BCUT2D eigenvalue weighted by Gasteiger charge is 2.23. The number of benzene rings is 1. The van der Waals surface area contributed by atoms with E-state index in [4.69, 9.17) is 4.74 Å². The standard InChI is InChI=1S/C16H19NO2/c1-4-19-16(11(2)3)15(18)13-7-8-14-12(10-13)6-5-9-17-14/h5-11,16H,4H2,1-3H3. The Morgan fingerprint density at radius 3 is 2.79 bits per heavy atom. The minimum atomic E-state index is -0.376. The van der Waals surface area contributed by atoms with Gasteiger partial charge in [-0.25, -0.2) is 0 Å². The lowest BCUT2D eigenvalue weighted by Gasteiger charge is -2.19. The molecule has 0 N–H and O–H groups in total. The van der Waals surface area contributed by atoms with Gasteiger partial charge in [0.1, 0.15) is 6.10 Å². The van der Waals surface area contributed by atoms with Gasteiger partial charge in [0.05, 0.1) is 5.52 Å². The maximum Gasteiger partial charge on any atom is 0.191 e. The minimum Gasteiger partial charge on any atom is -0.370 e. The summed E-state index contributed by atoms with van der Waals surface area (Å²) in [5.74, 6) is 0.208. The Kier molecular flexibility index (Phi) is 4.27. The smallest absolute Gasteiger partial charge is 0.191 e. The lowest BCUT2D eigenvalue weighted by molar-refractivity contribution is 0.0280. The number of ketones is 1. The number of hydrogen-bond acceptors (Lipinski definition) is 3. The molecule has 0 radical (unpaired) electrons. The maximum atomic E-state index is 12.5. The molecule has 0 amide bonds. The van der Waals surface area contributed by atoms with Crippen LogP contribution in [-0.4, -0.2) is 23.5 Å². The lowest BCUT2D eigenvalue weighted by atomic mass is 9.96. The van der Waals surface area contributed by atoms with Crippen LogP contribution in [0.25, 0.3) is 10.9 Å². The SMILES string of the molecule is CCOC(C(=O)c1ccc2ncccc2c1)C(C)C. The molecule has 1 aromatic heterocycles. The molecular formula is C16H19NO2. The van der Waals surface area contributed by atoms with E-state index in [1.54, 1.807) is 6.20 Å². The molecule has 3 heteroatoms. The topological polar surface area (TPSA) is 39.2 Å². The van der Waals surface area contributed by atoms with Crippen molar-refractivity contribution in [3.8, 4) is 0 Å². The third-order valence-electron chi connectivity index (χ3n) is 3.10. The van der Waals surface area contributed by atoms with Crippen molar-refractivity contribution in [2.75, 3.05) is 6.61 Å². The van der Waals surface area contributed by atoms with Crippen LogP contribution in [0.5, 0.6) is 0 Å². The Labute approximate surface area is 113 Å². The largest absolute Gasteiger partial charge is 0.370 e. The lowest BCUT2D eigenvalue weighted by Crippen LogP contribution is -2.29. The molecule has 0 aliphatic heterocycles. The van der Waals surface area contributed by atoms with Crippen molar-refractivity contribution in [3.05, 3.63) is 42.1 Å². The first kappa shape index (κ1) is 13.7. The zero-order valence-corrected chi connectivity index (χ0v) is 11.6. The van der Waals surface area contributed by atoms with E-state index in [0.29, 0.717) is 12.2 Å². The Morgan fingerprint density at radius 1 is 1.32 bits per heavy atom. The molecule has 1 aromatic carbocycles. The van der Waals surface area contributed by atoms with Gasteiger partial charge in [-0.3, -0.25) is 9.78 Å². The van der Waals surface area contributed by atoms with Crippen LogP contribution < -0.4 is 0 Å². The van der Waals surface area contributed by atoms with Crippen molar-refractivity contribution in [1.82, 2.24) is 4.98 Å². The number of nitrogens with zero attached hydrogens (tertiary/aromatic N) is 1. The first-order valence-electron chi connectivity index (χ1n) is 6.64. The van der Waals surface area contributed by atoms with Gasteiger partial charge in [-0.1, -0.05) is 19.9 Å². The minimum absolute atomic E-state index is 0.0441. The summed E-state index contributed by atoms with van der Waals surface area (Å²) in [5, 5.41) is 0.979. The molecule has 1 heterocycles. The third kappa shape index (κ3) is 2.99. The second kappa shape index (κ2) is 5.93. The first-order chi connectivity index (χ1) is 9.13. The second-order valence-corrected chi connectivity index (χ2v) is 4.90. The second-order valence-electron chi connectivity index (χ2n) is 4.90. The van der Waals surface area contributed by atoms with Crippen molar-refractivity contribution in [2.45, 2.75) is 26.9 Å². The summed E-state index contributed by atoms with van der Waals surface area (Å²) >= 11 is 0. The number of Topliss-reactive ketones (excluding diaryl/α,β-unsaturated/α-hetero) is 1. The molecule has 0 saturated heterocycles. The highest BCUT2D eigenvalue weighted by molar-refractivity contribution is 6.02. The van der Waals surface area contributed by atoms with Crippen LogP contribution in [-0.2, 0) is 4.74 Å². The quantitative estimate of drug-likeness (QED) is 0.770. The molecule has 2 rings (SSSR count). The predicted octanol–water partition coefficient (Wildman–Crippen LogP) is 3.48. The van der Waals surface area contributed by atoms with Crippen LogP contribution >= 0.6 is 0 Å². The summed E-state index contributed by atoms with van der Waals surface area (Å²) in [4.78, 5) is 16.7. The van der Waals surface area contributed by atoms with E-state index in [1.165, 1.54) is 0 Å². The molecule has 3 nitrogen and oxygen atoms in total. The van der Waals surface area contributed by atoms with E-state index in [2.05, 4.69) is 4.98 Å². The fourth-order valence-corrected chi connectivity index (χ4v) is 2.14. The van der Waals surface area contributed by atoms with Crippen molar-refractivity contribution in [3.63, 3.8) is 0 Å². The number of aromatic nitrogens is 1. The molecule has 0 bridgehead atoms.